The number of nitrogens with zero attached hydrogens (tertiary/aromatic N) is 2. The molecule has 2 aliphatic heterocycles. The van der Waals surface area contributed by atoms with Gasteiger partial charge in [0, 0.05) is 12.1 Å². The number of carbonyl (C=O) groups is 1. The van der Waals surface area contributed by atoms with Crippen molar-refractivity contribution in [2.75, 3.05) is 13.7 Å². The van der Waals surface area contributed by atoms with Crippen molar-refractivity contribution in [2.45, 2.75) is 51.3 Å². The van der Waals surface area contributed by atoms with Crippen LogP contribution >= 0.6 is 11.6 Å². The van der Waals surface area contributed by atoms with Crippen LogP contribution in [0.25, 0.3) is 0 Å². The lowest BCUT2D eigenvalue weighted by Crippen LogP contribution is -2.43. The van der Waals surface area contributed by atoms with Crippen LogP contribution < -0.4 is 9.47 Å². The molecule has 0 spiro atoms. The Bertz CT molecular complexity index is 626. The molecule has 0 aromatic carbocycles. The number of aromatic nitrogens is 1. The zero-order valence-electron chi connectivity index (χ0n) is 14.4. The highest BCUT2D eigenvalue weighted by Crippen LogP contribution is 2.46. The summed E-state index contributed by atoms with van der Waals surface area (Å²) in [5, 5.41) is 0.421. The van der Waals surface area contributed by atoms with E-state index < -0.39 is 5.60 Å². The molecular weight excluding hydrogens is 332 g/mol. The number of hydrogen-bond donors (Lipinski definition) is 0. The smallest absolute Gasteiger partial charge is 0.410 e. The van der Waals surface area contributed by atoms with Crippen molar-refractivity contribution in [3.63, 3.8) is 0 Å². The van der Waals surface area contributed by atoms with Gasteiger partial charge in [0.25, 0.3) is 0 Å². The summed E-state index contributed by atoms with van der Waals surface area (Å²) in [6.07, 6.45) is 1.74. The van der Waals surface area contributed by atoms with E-state index >= 15 is 0 Å². The molecule has 3 heterocycles. The molecule has 2 bridgehead atoms. The van der Waals surface area contributed by atoms with E-state index in [2.05, 4.69) is 4.98 Å². The molecule has 1 atom stereocenters. The quantitative estimate of drug-likeness (QED) is 0.827. The second-order valence-corrected chi connectivity index (χ2v) is 7.70. The Hall–Kier alpha value is -1.69. The van der Waals surface area contributed by atoms with Gasteiger partial charge in [-0.15, -0.1) is 0 Å². The number of carbonyl (C=O) groups excluding carboxylic acids is 1. The minimum atomic E-state index is -0.507. The first-order chi connectivity index (χ1) is 11.3. The number of pyridine rings is 1. The van der Waals surface area contributed by atoms with Gasteiger partial charge < -0.3 is 14.2 Å². The topological polar surface area (TPSA) is 60.9 Å². The maximum absolute atomic E-state index is 12.5. The lowest BCUT2D eigenvalue weighted by atomic mass is 9.83. The van der Waals surface area contributed by atoms with Gasteiger partial charge >= 0.3 is 6.09 Å². The van der Waals surface area contributed by atoms with Crippen LogP contribution in [0, 0.1) is 5.92 Å². The fourth-order valence-electron chi connectivity index (χ4n) is 3.27. The average Bonchev–Trinajstić information content (AvgIpc) is 2.98. The van der Waals surface area contributed by atoms with E-state index in [0.29, 0.717) is 29.3 Å². The van der Waals surface area contributed by atoms with Crippen LogP contribution in [0.3, 0.4) is 0 Å². The van der Waals surface area contributed by atoms with Gasteiger partial charge in [-0.05, 0) is 45.6 Å². The van der Waals surface area contributed by atoms with Crippen LogP contribution in [-0.4, -0.2) is 47.4 Å². The molecule has 3 aliphatic rings. The maximum Gasteiger partial charge on any atom is 0.410 e. The minimum Gasteiger partial charge on any atom is -0.481 e. The molecule has 0 radical (unpaired) electrons. The largest absolute Gasteiger partial charge is 0.481 e. The lowest BCUT2D eigenvalue weighted by molar-refractivity contribution is 0.0155. The van der Waals surface area contributed by atoms with E-state index in [9.17, 15) is 4.79 Å². The zero-order chi connectivity index (χ0) is 17.5. The summed E-state index contributed by atoms with van der Waals surface area (Å²) < 4.78 is 16.4. The third kappa shape index (κ3) is 3.38. The number of ether oxygens (including phenoxy) is 3. The first kappa shape index (κ1) is 17.1. The van der Waals surface area contributed by atoms with Gasteiger partial charge in [0.1, 0.15) is 17.2 Å². The van der Waals surface area contributed by atoms with E-state index in [1.165, 1.54) is 7.11 Å². The van der Waals surface area contributed by atoms with Crippen LogP contribution in [0.15, 0.2) is 12.1 Å². The molecular formula is C17H23ClN2O4. The molecule has 1 unspecified atom stereocenters. The molecule has 2 saturated heterocycles. The average molecular weight is 355 g/mol. The summed E-state index contributed by atoms with van der Waals surface area (Å²) in [4.78, 5) is 18.5. The molecule has 1 amide bonds. The number of fused-ring (bicyclic) bond motifs is 1. The Balaban J connectivity index is 1.67. The maximum atomic E-state index is 12.5. The first-order valence-corrected chi connectivity index (χ1v) is 8.51. The lowest BCUT2D eigenvalue weighted by Gasteiger charge is -2.29. The normalized spacial score (nSPS) is 25.2. The summed E-state index contributed by atoms with van der Waals surface area (Å²) >= 11 is 6.12. The molecule has 4 rings (SSSR count). The Morgan fingerprint density at radius 1 is 1.38 bits per heavy atom. The highest BCUT2D eigenvalue weighted by atomic mass is 35.5. The second kappa shape index (κ2) is 6.31. The van der Waals surface area contributed by atoms with Crippen LogP contribution in [0.5, 0.6) is 11.8 Å². The van der Waals surface area contributed by atoms with E-state index in [1.807, 2.05) is 25.7 Å². The van der Waals surface area contributed by atoms with Crippen molar-refractivity contribution < 1.29 is 19.0 Å². The highest BCUT2D eigenvalue weighted by Gasteiger charge is 2.54. The molecule has 0 N–H and O–H groups in total. The number of amides is 1. The molecule has 1 aromatic rings. The Kier molecular flexibility index (Phi) is 4.51. The van der Waals surface area contributed by atoms with Crippen LogP contribution in [-0.2, 0) is 4.74 Å². The summed E-state index contributed by atoms with van der Waals surface area (Å²) in [5.74, 6) is 1.21. The number of hydrogen-bond acceptors (Lipinski definition) is 5. The molecule has 24 heavy (non-hydrogen) atoms. The fourth-order valence-corrected chi connectivity index (χ4v) is 3.43. The summed E-state index contributed by atoms with van der Waals surface area (Å²) in [5.41, 5.74) is -0.507. The molecule has 6 nitrogen and oxygen atoms in total. The number of halogens is 1. The SMILES string of the molecule is COc1ccc(Cl)c(OCC2C3CC(C3)N2C(=O)OC(C)(C)C)n1. The van der Waals surface area contributed by atoms with Gasteiger partial charge in [0.05, 0.1) is 13.2 Å². The number of methoxy groups -OCH3 is 1. The van der Waals surface area contributed by atoms with E-state index in [1.54, 1.807) is 12.1 Å². The molecule has 7 heteroatoms. The van der Waals surface area contributed by atoms with Crippen molar-refractivity contribution in [1.82, 2.24) is 9.88 Å². The van der Waals surface area contributed by atoms with Crippen LogP contribution in [0.4, 0.5) is 4.79 Å². The first-order valence-electron chi connectivity index (χ1n) is 8.13. The third-order valence-electron chi connectivity index (χ3n) is 4.44. The predicted octanol–water partition coefficient (Wildman–Crippen LogP) is 3.52. The second-order valence-electron chi connectivity index (χ2n) is 7.29. The van der Waals surface area contributed by atoms with Crippen molar-refractivity contribution in [1.29, 1.82) is 0 Å². The van der Waals surface area contributed by atoms with Gasteiger partial charge in [0.15, 0.2) is 0 Å². The zero-order valence-corrected chi connectivity index (χ0v) is 15.2. The van der Waals surface area contributed by atoms with E-state index in [0.717, 1.165) is 12.8 Å². The van der Waals surface area contributed by atoms with Crippen molar-refractivity contribution in [3.8, 4) is 11.8 Å². The Morgan fingerprint density at radius 2 is 2.08 bits per heavy atom. The van der Waals surface area contributed by atoms with Gasteiger partial charge in [-0.1, -0.05) is 11.6 Å². The van der Waals surface area contributed by atoms with Gasteiger partial charge in [-0.2, -0.15) is 4.98 Å². The van der Waals surface area contributed by atoms with Crippen LogP contribution in [0.2, 0.25) is 5.02 Å². The van der Waals surface area contributed by atoms with Crippen molar-refractivity contribution in [3.05, 3.63) is 17.2 Å². The Morgan fingerprint density at radius 3 is 2.71 bits per heavy atom. The third-order valence-corrected chi connectivity index (χ3v) is 4.72. The van der Waals surface area contributed by atoms with Crippen LogP contribution in [0.1, 0.15) is 33.6 Å². The molecule has 3 fully saturated rings. The van der Waals surface area contributed by atoms with Gasteiger partial charge in [-0.25, -0.2) is 4.79 Å². The standard InChI is InChI=1S/C17H23ClN2O4/c1-17(2,3)24-16(21)20-11-7-10(8-11)13(20)9-23-15-12(18)5-6-14(19-15)22-4/h5-6,10-11,13H,7-9H2,1-4H3. The summed E-state index contributed by atoms with van der Waals surface area (Å²) in [6, 6.07) is 3.61. The number of rotatable bonds is 4. The summed E-state index contributed by atoms with van der Waals surface area (Å²) in [7, 11) is 1.54. The van der Waals surface area contributed by atoms with E-state index in [-0.39, 0.29) is 18.2 Å². The predicted molar refractivity (Wildman–Crippen MR) is 89.7 cm³/mol. The Labute approximate surface area is 147 Å². The fraction of sp³-hybridized carbons (Fsp3) is 0.647. The van der Waals surface area contributed by atoms with Gasteiger partial charge in [0.2, 0.25) is 11.8 Å². The monoisotopic (exact) mass is 354 g/mol. The molecule has 1 aliphatic carbocycles. The molecule has 1 saturated carbocycles. The van der Waals surface area contributed by atoms with E-state index in [4.69, 9.17) is 25.8 Å². The molecule has 1 aromatic heterocycles. The summed E-state index contributed by atoms with van der Waals surface area (Å²) in [6.45, 7) is 5.96. The highest BCUT2D eigenvalue weighted by molar-refractivity contribution is 6.31. The van der Waals surface area contributed by atoms with Crippen molar-refractivity contribution in [2.24, 2.45) is 5.92 Å². The van der Waals surface area contributed by atoms with Crippen molar-refractivity contribution >= 4 is 17.7 Å². The molecule has 132 valence electrons. The minimum absolute atomic E-state index is 0.00563. The van der Waals surface area contributed by atoms with Gasteiger partial charge in [-0.3, -0.25) is 4.90 Å².